The Morgan fingerprint density at radius 3 is 2.33 bits per heavy atom. The Bertz CT molecular complexity index is 563. The Morgan fingerprint density at radius 2 is 1.78 bits per heavy atom. The van der Waals surface area contributed by atoms with Gasteiger partial charge in [0, 0.05) is 16.2 Å². The summed E-state index contributed by atoms with van der Waals surface area (Å²) in [7, 11) is 0. The van der Waals surface area contributed by atoms with Gasteiger partial charge in [0.05, 0.1) is 5.56 Å². The topological polar surface area (TPSA) is 12.9 Å². The predicted octanol–water partition coefficient (Wildman–Crippen LogP) is 4.67. The van der Waals surface area contributed by atoms with E-state index in [0.717, 1.165) is 18.2 Å². The van der Waals surface area contributed by atoms with Crippen LogP contribution in [0.1, 0.15) is 5.56 Å². The third kappa shape index (κ3) is 2.69. The number of nitrogens with zero attached hydrogens (tertiary/aromatic N) is 1. The number of benzene rings is 1. The lowest BCUT2D eigenvalue weighted by Crippen LogP contribution is -2.04. The van der Waals surface area contributed by atoms with Crippen molar-refractivity contribution in [1.29, 1.82) is 0 Å². The highest BCUT2D eigenvalue weighted by atomic mass is 79.9. The molecule has 0 aliphatic carbocycles. The van der Waals surface area contributed by atoms with Gasteiger partial charge in [0.25, 0.3) is 0 Å². The maximum atomic E-state index is 12.7. The molecule has 6 heteroatoms. The number of hydrogen-bond donors (Lipinski definition) is 0. The zero-order valence-electron chi connectivity index (χ0n) is 8.80. The number of rotatable bonds is 1. The van der Waals surface area contributed by atoms with Crippen molar-refractivity contribution < 1.29 is 17.6 Å². The van der Waals surface area contributed by atoms with E-state index in [4.69, 9.17) is 0 Å². The van der Waals surface area contributed by atoms with Crippen LogP contribution in [-0.2, 0) is 6.18 Å². The molecule has 0 radical (unpaired) electrons. The molecule has 94 valence electrons. The van der Waals surface area contributed by atoms with Gasteiger partial charge in [0.15, 0.2) is 0 Å². The maximum absolute atomic E-state index is 12.7. The quantitative estimate of drug-likeness (QED) is 0.550. The molecule has 0 atom stereocenters. The van der Waals surface area contributed by atoms with E-state index >= 15 is 0 Å². The number of halogens is 5. The number of alkyl halides is 3. The van der Waals surface area contributed by atoms with Gasteiger partial charge < -0.3 is 0 Å². The largest absolute Gasteiger partial charge is 0.416 e. The van der Waals surface area contributed by atoms with Crippen molar-refractivity contribution in [3.05, 3.63) is 52.5 Å². The zero-order valence-corrected chi connectivity index (χ0v) is 10.4. The molecular weight excluding hydrogens is 314 g/mol. The first kappa shape index (κ1) is 13.0. The van der Waals surface area contributed by atoms with E-state index in [0.29, 0.717) is 15.6 Å². The summed E-state index contributed by atoms with van der Waals surface area (Å²) in [6.45, 7) is 0. The van der Waals surface area contributed by atoms with Crippen molar-refractivity contribution in [1.82, 2.24) is 4.98 Å². The SMILES string of the molecule is Fc1ccc(-c2cc(C(F)(F)F)ccc2Br)cn1. The van der Waals surface area contributed by atoms with Crippen LogP contribution in [0.5, 0.6) is 0 Å². The lowest BCUT2D eigenvalue weighted by molar-refractivity contribution is -0.137. The van der Waals surface area contributed by atoms with Crippen LogP contribution in [0.15, 0.2) is 41.0 Å². The molecule has 18 heavy (non-hydrogen) atoms. The van der Waals surface area contributed by atoms with Gasteiger partial charge in [-0.05, 0) is 35.9 Å². The van der Waals surface area contributed by atoms with Crippen LogP contribution in [0.2, 0.25) is 0 Å². The molecule has 0 aliphatic rings. The molecule has 1 aromatic heterocycles. The van der Waals surface area contributed by atoms with Crippen LogP contribution >= 0.6 is 15.9 Å². The van der Waals surface area contributed by atoms with Crippen molar-refractivity contribution in [3.8, 4) is 11.1 Å². The summed E-state index contributed by atoms with van der Waals surface area (Å²) in [5, 5.41) is 0. The van der Waals surface area contributed by atoms with Crippen LogP contribution < -0.4 is 0 Å². The summed E-state index contributed by atoms with van der Waals surface area (Å²) >= 11 is 3.16. The summed E-state index contributed by atoms with van der Waals surface area (Å²) in [4.78, 5) is 3.42. The lowest BCUT2D eigenvalue weighted by atomic mass is 10.0. The summed E-state index contributed by atoms with van der Waals surface area (Å²) in [5.74, 6) is -0.679. The average Bonchev–Trinajstić information content (AvgIpc) is 2.29. The van der Waals surface area contributed by atoms with E-state index in [2.05, 4.69) is 20.9 Å². The van der Waals surface area contributed by atoms with Crippen molar-refractivity contribution in [2.75, 3.05) is 0 Å². The van der Waals surface area contributed by atoms with Crippen molar-refractivity contribution >= 4 is 15.9 Å². The van der Waals surface area contributed by atoms with Gasteiger partial charge in [0.1, 0.15) is 0 Å². The highest BCUT2D eigenvalue weighted by molar-refractivity contribution is 9.10. The summed E-state index contributed by atoms with van der Waals surface area (Å²) < 4.78 is 50.9. The maximum Gasteiger partial charge on any atom is 0.416 e. The Labute approximate surface area is 109 Å². The van der Waals surface area contributed by atoms with Gasteiger partial charge in [-0.15, -0.1) is 0 Å². The van der Waals surface area contributed by atoms with Gasteiger partial charge in [-0.2, -0.15) is 17.6 Å². The Balaban J connectivity index is 2.53. The van der Waals surface area contributed by atoms with E-state index < -0.39 is 17.7 Å². The summed E-state index contributed by atoms with van der Waals surface area (Å²) in [5.41, 5.74) is -0.0308. The standard InChI is InChI=1S/C12H6BrF4N/c13-10-3-2-8(12(15,16)17)5-9(10)7-1-4-11(14)18-6-7/h1-6H. The second kappa shape index (κ2) is 4.68. The fraction of sp³-hybridized carbons (Fsp3) is 0.0833. The van der Waals surface area contributed by atoms with Crippen LogP contribution in [-0.4, -0.2) is 4.98 Å². The minimum Gasteiger partial charge on any atom is -0.228 e. The monoisotopic (exact) mass is 319 g/mol. The zero-order chi connectivity index (χ0) is 13.3. The third-order valence-electron chi connectivity index (χ3n) is 2.33. The molecule has 1 nitrogen and oxygen atoms in total. The Hall–Kier alpha value is -1.43. The molecule has 0 fully saturated rings. The van der Waals surface area contributed by atoms with Gasteiger partial charge >= 0.3 is 6.18 Å². The van der Waals surface area contributed by atoms with E-state index in [-0.39, 0.29) is 0 Å². The molecule has 0 amide bonds. The van der Waals surface area contributed by atoms with Gasteiger partial charge in [0.2, 0.25) is 5.95 Å². The first-order valence-corrected chi connectivity index (χ1v) is 5.66. The molecule has 2 rings (SSSR count). The van der Waals surface area contributed by atoms with E-state index in [1.807, 2.05) is 0 Å². The second-order valence-electron chi connectivity index (χ2n) is 3.56. The molecule has 0 spiro atoms. The molecule has 2 aromatic rings. The molecule has 0 bridgehead atoms. The molecule has 1 aromatic carbocycles. The number of aromatic nitrogens is 1. The fourth-order valence-electron chi connectivity index (χ4n) is 1.46. The molecule has 0 aliphatic heterocycles. The summed E-state index contributed by atoms with van der Waals surface area (Å²) in [6, 6.07) is 5.76. The van der Waals surface area contributed by atoms with Crippen LogP contribution in [0, 0.1) is 5.95 Å². The van der Waals surface area contributed by atoms with E-state index in [1.165, 1.54) is 18.3 Å². The molecule has 0 N–H and O–H groups in total. The first-order valence-electron chi connectivity index (χ1n) is 4.86. The number of hydrogen-bond acceptors (Lipinski definition) is 1. The minimum absolute atomic E-state index is 0.317. The van der Waals surface area contributed by atoms with Crippen molar-refractivity contribution in [2.24, 2.45) is 0 Å². The molecule has 0 unspecified atom stereocenters. The number of pyridine rings is 1. The van der Waals surface area contributed by atoms with Gasteiger partial charge in [-0.1, -0.05) is 15.9 Å². The highest BCUT2D eigenvalue weighted by Gasteiger charge is 2.30. The highest BCUT2D eigenvalue weighted by Crippen LogP contribution is 2.35. The molecule has 0 saturated heterocycles. The lowest BCUT2D eigenvalue weighted by Gasteiger charge is -2.10. The Morgan fingerprint density at radius 1 is 1.06 bits per heavy atom. The predicted molar refractivity (Wildman–Crippen MR) is 62.3 cm³/mol. The van der Waals surface area contributed by atoms with Gasteiger partial charge in [-0.25, -0.2) is 4.98 Å². The van der Waals surface area contributed by atoms with Gasteiger partial charge in [-0.3, -0.25) is 0 Å². The molecule has 0 saturated carbocycles. The molecular formula is C12H6BrF4N. The van der Waals surface area contributed by atoms with E-state index in [1.54, 1.807) is 0 Å². The summed E-state index contributed by atoms with van der Waals surface area (Å²) in [6.07, 6.45) is -3.22. The fourth-order valence-corrected chi connectivity index (χ4v) is 1.93. The molecule has 1 heterocycles. The smallest absolute Gasteiger partial charge is 0.228 e. The third-order valence-corrected chi connectivity index (χ3v) is 3.02. The minimum atomic E-state index is -4.41. The van der Waals surface area contributed by atoms with Crippen LogP contribution in [0.25, 0.3) is 11.1 Å². The second-order valence-corrected chi connectivity index (χ2v) is 4.42. The Kier molecular flexibility index (Phi) is 3.38. The first-order chi connectivity index (χ1) is 8.38. The van der Waals surface area contributed by atoms with E-state index in [9.17, 15) is 17.6 Å². The van der Waals surface area contributed by atoms with Crippen molar-refractivity contribution in [2.45, 2.75) is 6.18 Å². The average molecular weight is 320 g/mol. The van der Waals surface area contributed by atoms with Crippen LogP contribution in [0.3, 0.4) is 0 Å². The van der Waals surface area contributed by atoms with Crippen molar-refractivity contribution in [3.63, 3.8) is 0 Å². The van der Waals surface area contributed by atoms with Crippen LogP contribution in [0.4, 0.5) is 17.6 Å². The normalized spacial score (nSPS) is 11.6.